The van der Waals surface area contributed by atoms with Crippen LogP contribution in [0.1, 0.15) is 25.0 Å². The summed E-state index contributed by atoms with van der Waals surface area (Å²) in [5, 5.41) is 2.51. The van der Waals surface area contributed by atoms with Gasteiger partial charge < -0.3 is 4.90 Å². The quantitative estimate of drug-likeness (QED) is 0.159. The van der Waals surface area contributed by atoms with Crippen LogP contribution in [0.3, 0.4) is 0 Å². The van der Waals surface area contributed by atoms with E-state index in [0.29, 0.717) is 0 Å². The van der Waals surface area contributed by atoms with Gasteiger partial charge in [-0.2, -0.15) is 0 Å². The molecular weight excluding hydrogens is 675 g/mol. The number of para-hydroxylation sites is 1. The number of anilines is 3. The van der Waals surface area contributed by atoms with Crippen LogP contribution >= 0.6 is 0 Å². The molecule has 266 valence electrons. The Bertz CT molecular complexity index is 2850. The van der Waals surface area contributed by atoms with Gasteiger partial charge in [0.1, 0.15) is 0 Å². The summed E-state index contributed by atoms with van der Waals surface area (Å²) in [5.41, 5.74) is 18.4. The number of benzene rings is 9. The van der Waals surface area contributed by atoms with Gasteiger partial charge in [-0.25, -0.2) is 0 Å². The normalized spacial score (nSPS) is 12.6. The fraction of sp³-hybridized carbons (Fsp3) is 0.0545. The van der Waals surface area contributed by atoms with Crippen LogP contribution in [-0.4, -0.2) is 0 Å². The van der Waals surface area contributed by atoms with E-state index in [-0.39, 0.29) is 5.41 Å². The van der Waals surface area contributed by atoms with Crippen molar-refractivity contribution in [1.29, 1.82) is 0 Å². The van der Waals surface area contributed by atoms with Gasteiger partial charge in [-0.15, -0.1) is 0 Å². The molecule has 0 aliphatic heterocycles. The maximum atomic E-state index is 2.44. The summed E-state index contributed by atoms with van der Waals surface area (Å²) >= 11 is 0. The highest BCUT2D eigenvalue weighted by Crippen LogP contribution is 2.52. The highest BCUT2D eigenvalue weighted by molar-refractivity contribution is 6.06. The molecule has 1 heteroatoms. The van der Waals surface area contributed by atoms with Crippen molar-refractivity contribution in [2.75, 3.05) is 4.90 Å². The fourth-order valence-electron chi connectivity index (χ4n) is 8.88. The molecule has 0 bridgehead atoms. The second-order valence-corrected chi connectivity index (χ2v) is 15.3. The van der Waals surface area contributed by atoms with Crippen molar-refractivity contribution >= 4 is 27.8 Å². The van der Waals surface area contributed by atoms with Gasteiger partial charge in [0.25, 0.3) is 0 Å². The van der Waals surface area contributed by atoms with Gasteiger partial charge in [-0.3, -0.25) is 0 Å². The standard InChI is InChI=1S/C55H41N/c1-55(2)51-35-30-43(38-16-6-3-7-17-38)36-50(51)49-34-33-45(37-52(49)55)56(53-27-13-12-24-46(53)39-18-8-4-9-19-39)44-31-28-41(29-32-44)48-26-15-23-42-22-14-25-47(54(42)48)40-20-10-5-11-21-40/h3-37H,1-2H3. The van der Waals surface area contributed by atoms with Crippen molar-refractivity contribution in [3.63, 3.8) is 0 Å². The SMILES string of the molecule is CC1(C)c2ccc(-c3ccccc3)cc2-c2ccc(N(c3ccc(-c4cccc5cccc(-c6ccccc6)c45)cc3)c3ccccc3-c3ccccc3)cc21. The first-order valence-corrected chi connectivity index (χ1v) is 19.5. The zero-order valence-electron chi connectivity index (χ0n) is 31.7. The maximum absolute atomic E-state index is 2.44. The molecule has 10 rings (SSSR count). The molecule has 9 aromatic rings. The summed E-state index contributed by atoms with van der Waals surface area (Å²) in [7, 11) is 0. The Kier molecular flexibility index (Phi) is 8.23. The molecule has 0 fully saturated rings. The zero-order valence-corrected chi connectivity index (χ0v) is 31.7. The van der Waals surface area contributed by atoms with Crippen molar-refractivity contribution in [3.8, 4) is 55.6 Å². The molecule has 0 N–H and O–H groups in total. The Morgan fingerprint density at radius 1 is 0.321 bits per heavy atom. The van der Waals surface area contributed by atoms with Crippen LogP contribution in [-0.2, 0) is 5.41 Å². The molecule has 0 spiro atoms. The summed E-state index contributed by atoms with van der Waals surface area (Å²) in [4.78, 5) is 2.44. The molecule has 0 saturated heterocycles. The molecule has 0 amide bonds. The van der Waals surface area contributed by atoms with Gasteiger partial charge >= 0.3 is 0 Å². The number of nitrogens with zero attached hydrogens (tertiary/aromatic N) is 1. The second kappa shape index (κ2) is 13.7. The molecule has 1 nitrogen and oxygen atoms in total. The predicted octanol–water partition coefficient (Wildman–Crippen LogP) is 15.3. The van der Waals surface area contributed by atoms with E-state index in [1.165, 1.54) is 77.5 Å². The third-order valence-corrected chi connectivity index (χ3v) is 11.7. The monoisotopic (exact) mass is 715 g/mol. The van der Waals surface area contributed by atoms with Gasteiger partial charge in [0.15, 0.2) is 0 Å². The lowest BCUT2D eigenvalue weighted by molar-refractivity contribution is 0.660. The van der Waals surface area contributed by atoms with E-state index in [1.807, 2.05) is 0 Å². The topological polar surface area (TPSA) is 3.24 Å². The molecule has 0 heterocycles. The molecular formula is C55H41N. The molecule has 0 atom stereocenters. The van der Waals surface area contributed by atoms with Crippen molar-refractivity contribution in [2.24, 2.45) is 0 Å². The van der Waals surface area contributed by atoms with E-state index in [0.717, 1.165) is 17.1 Å². The molecule has 0 radical (unpaired) electrons. The number of hydrogen-bond donors (Lipinski definition) is 0. The lowest BCUT2D eigenvalue weighted by atomic mass is 9.82. The fourth-order valence-corrected chi connectivity index (χ4v) is 8.88. The minimum atomic E-state index is -0.158. The van der Waals surface area contributed by atoms with Crippen LogP contribution < -0.4 is 4.90 Å². The first-order chi connectivity index (χ1) is 27.5. The zero-order chi connectivity index (χ0) is 37.6. The van der Waals surface area contributed by atoms with E-state index < -0.39 is 0 Å². The molecule has 0 saturated carbocycles. The average molecular weight is 716 g/mol. The van der Waals surface area contributed by atoms with Crippen molar-refractivity contribution < 1.29 is 0 Å². The largest absolute Gasteiger partial charge is 0.310 e. The molecule has 0 aromatic heterocycles. The third kappa shape index (κ3) is 5.72. The molecule has 9 aromatic carbocycles. The van der Waals surface area contributed by atoms with Crippen molar-refractivity contribution in [2.45, 2.75) is 19.3 Å². The first kappa shape index (κ1) is 33.6. The average Bonchev–Trinajstić information content (AvgIpc) is 3.49. The van der Waals surface area contributed by atoms with Crippen LogP contribution in [0.25, 0.3) is 66.4 Å². The minimum Gasteiger partial charge on any atom is -0.310 e. The Labute approximate surface area is 329 Å². The maximum Gasteiger partial charge on any atom is 0.0540 e. The smallest absolute Gasteiger partial charge is 0.0540 e. The summed E-state index contributed by atoms with van der Waals surface area (Å²) < 4.78 is 0. The van der Waals surface area contributed by atoms with Gasteiger partial charge in [0, 0.05) is 22.4 Å². The van der Waals surface area contributed by atoms with Gasteiger partial charge in [-0.05, 0) is 108 Å². The highest BCUT2D eigenvalue weighted by atomic mass is 15.1. The number of fused-ring (bicyclic) bond motifs is 4. The van der Waals surface area contributed by atoms with Crippen LogP contribution in [0, 0.1) is 0 Å². The lowest BCUT2D eigenvalue weighted by Gasteiger charge is -2.30. The van der Waals surface area contributed by atoms with Crippen LogP contribution in [0.2, 0.25) is 0 Å². The van der Waals surface area contributed by atoms with E-state index in [4.69, 9.17) is 0 Å². The van der Waals surface area contributed by atoms with Crippen molar-refractivity contribution in [1.82, 2.24) is 0 Å². The Morgan fingerprint density at radius 3 is 1.50 bits per heavy atom. The van der Waals surface area contributed by atoms with Crippen molar-refractivity contribution in [3.05, 3.63) is 223 Å². The highest BCUT2D eigenvalue weighted by Gasteiger charge is 2.36. The summed E-state index contributed by atoms with van der Waals surface area (Å²) in [6, 6.07) is 77.5. The third-order valence-electron chi connectivity index (χ3n) is 11.7. The second-order valence-electron chi connectivity index (χ2n) is 15.3. The molecule has 56 heavy (non-hydrogen) atoms. The van der Waals surface area contributed by atoms with Crippen LogP contribution in [0.4, 0.5) is 17.1 Å². The van der Waals surface area contributed by atoms with E-state index in [1.54, 1.807) is 0 Å². The predicted molar refractivity (Wildman–Crippen MR) is 238 cm³/mol. The van der Waals surface area contributed by atoms with E-state index >= 15 is 0 Å². The Balaban J connectivity index is 1.12. The number of hydrogen-bond acceptors (Lipinski definition) is 1. The molecule has 1 aliphatic carbocycles. The van der Waals surface area contributed by atoms with Crippen LogP contribution in [0.5, 0.6) is 0 Å². The molecule has 0 unspecified atom stereocenters. The van der Waals surface area contributed by atoms with E-state index in [9.17, 15) is 0 Å². The Hall–Kier alpha value is -6.96. The Morgan fingerprint density at radius 2 is 0.839 bits per heavy atom. The van der Waals surface area contributed by atoms with Gasteiger partial charge in [-0.1, -0.05) is 190 Å². The minimum absolute atomic E-state index is 0.158. The summed E-state index contributed by atoms with van der Waals surface area (Å²) in [5.74, 6) is 0. The van der Waals surface area contributed by atoms with E-state index in [2.05, 4.69) is 231 Å². The number of rotatable bonds is 7. The first-order valence-electron chi connectivity index (χ1n) is 19.5. The summed E-state index contributed by atoms with van der Waals surface area (Å²) in [6.07, 6.45) is 0. The van der Waals surface area contributed by atoms with Gasteiger partial charge in [0.05, 0.1) is 5.69 Å². The summed E-state index contributed by atoms with van der Waals surface area (Å²) in [6.45, 7) is 4.74. The van der Waals surface area contributed by atoms with Crippen LogP contribution in [0.15, 0.2) is 212 Å². The lowest BCUT2D eigenvalue weighted by Crippen LogP contribution is -2.17. The van der Waals surface area contributed by atoms with Gasteiger partial charge in [0.2, 0.25) is 0 Å². The molecule has 1 aliphatic rings.